The molecule has 3 rings (SSSR count). The highest BCUT2D eigenvalue weighted by Crippen LogP contribution is 2.65. The van der Waals surface area contributed by atoms with Crippen LogP contribution in [0.3, 0.4) is 0 Å². The SMILES string of the molecule is CC(C)CCC[C@@H](C)[C@@H]1CC[C@H]2[C@H]3CCC(=O)[C@@](C)(CCCNCCO)[C@@H]3CC[C@@]21C. The molecule has 0 unspecified atom stereocenters. The van der Waals surface area contributed by atoms with E-state index in [4.69, 9.17) is 5.11 Å². The molecule has 0 saturated heterocycles. The molecule has 0 amide bonds. The minimum atomic E-state index is -0.119. The Labute approximate surface area is 192 Å². The third-order valence-corrected chi connectivity index (χ3v) is 10.1. The van der Waals surface area contributed by atoms with E-state index >= 15 is 0 Å². The van der Waals surface area contributed by atoms with Gasteiger partial charge >= 0.3 is 0 Å². The van der Waals surface area contributed by atoms with Gasteiger partial charge in [-0.1, -0.05) is 53.9 Å². The normalized spacial score (nSPS) is 38.9. The minimum absolute atomic E-state index is 0.119. The van der Waals surface area contributed by atoms with E-state index in [-0.39, 0.29) is 12.0 Å². The van der Waals surface area contributed by atoms with Crippen molar-refractivity contribution in [3.05, 3.63) is 0 Å². The number of ketones is 1. The molecule has 0 aromatic rings. The van der Waals surface area contributed by atoms with E-state index in [1.165, 1.54) is 44.9 Å². The number of carbonyl (C=O) groups excluding carboxylic acids is 1. The molecule has 3 aliphatic carbocycles. The maximum atomic E-state index is 13.1. The lowest BCUT2D eigenvalue weighted by Gasteiger charge is -2.56. The van der Waals surface area contributed by atoms with Crippen LogP contribution < -0.4 is 5.32 Å². The van der Waals surface area contributed by atoms with Crippen LogP contribution in [0, 0.1) is 46.3 Å². The maximum Gasteiger partial charge on any atom is 0.139 e. The summed E-state index contributed by atoms with van der Waals surface area (Å²) in [6.45, 7) is 14.0. The first-order valence-electron chi connectivity index (χ1n) is 13.6. The zero-order valence-electron chi connectivity index (χ0n) is 21.2. The molecular weight excluding hydrogens is 382 g/mol. The van der Waals surface area contributed by atoms with E-state index in [0.717, 1.165) is 61.8 Å². The summed E-state index contributed by atoms with van der Waals surface area (Å²) >= 11 is 0. The summed E-state index contributed by atoms with van der Waals surface area (Å²) in [6, 6.07) is 0. The van der Waals surface area contributed by atoms with Crippen molar-refractivity contribution in [1.82, 2.24) is 5.32 Å². The van der Waals surface area contributed by atoms with E-state index in [1.54, 1.807) is 0 Å². The zero-order chi connectivity index (χ0) is 22.6. The van der Waals surface area contributed by atoms with E-state index in [1.807, 2.05) is 0 Å². The lowest BCUT2D eigenvalue weighted by atomic mass is 9.48. The lowest BCUT2D eigenvalue weighted by molar-refractivity contribution is -0.146. The van der Waals surface area contributed by atoms with Crippen molar-refractivity contribution in [3.63, 3.8) is 0 Å². The molecule has 0 aromatic heterocycles. The minimum Gasteiger partial charge on any atom is -0.395 e. The molecule has 3 saturated carbocycles. The van der Waals surface area contributed by atoms with E-state index in [9.17, 15) is 4.79 Å². The van der Waals surface area contributed by atoms with Gasteiger partial charge in [0.2, 0.25) is 0 Å². The van der Waals surface area contributed by atoms with Crippen LogP contribution in [0.2, 0.25) is 0 Å². The van der Waals surface area contributed by atoms with Crippen molar-refractivity contribution in [3.8, 4) is 0 Å². The third-order valence-electron chi connectivity index (χ3n) is 10.1. The summed E-state index contributed by atoms with van der Waals surface area (Å²) in [5.41, 5.74) is 0.383. The van der Waals surface area contributed by atoms with Crippen molar-refractivity contribution < 1.29 is 9.90 Å². The molecule has 180 valence electrons. The van der Waals surface area contributed by atoms with Gasteiger partial charge in [0.25, 0.3) is 0 Å². The molecule has 3 nitrogen and oxygen atoms in total. The quantitative estimate of drug-likeness (QED) is 0.379. The van der Waals surface area contributed by atoms with E-state index in [2.05, 4.69) is 39.9 Å². The Bertz CT molecular complexity index is 590. The number of hydrogen-bond acceptors (Lipinski definition) is 3. The highest BCUT2D eigenvalue weighted by molar-refractivity contribution is 5.85. The Morgan fingerprint density at radius 3 is 2.48 bits per heavy atom. The summed E-state index contributed by atoms with van der Waals surface area (Å²) in [6.07, 6.45) is 13.6. The Kier molecular flexibility index (Phi) is 8.69. The van der Waals surface area contributed by atoms with Crippen LogP contribution in [0.1, 0.15) is 105 Å². The van der Waals surface area contributed by atoms with Gasteiger partial charge in [-0.3, -0.25) is 4.79 Å². The van der Waals surface area contributed by atoms with Gasteiger partial charge in [0.1, 0.15) is 5.78 Å². The average molecular weight is 434 g/mol. The van der Waals surface area contributed by atoms with Crippen LogP contribution in [0.25, 0.3) is 0 Å². The Hall–Kier alpha value is -0.410. The second kappa shape index (κ2) is 10.7. The molecule has 0 bridgehead atoms. The molecule has 7 atom stereocenters. The second-order valence-electron chi connectivity index (χ2n) is 12.4. The predicted octanol–water partition coefficient (Wildman–Crippen LogP) is 6.24. The Morgan fingerprint density at radius 1 is 1.00 bits per heavy atom. The summed E-state index contributed by atoms with van der Waals surface area (Å²) in [7, 11) is 0. The molecule has 3 heteroatoms. The molecule has 3 aliphatic rings. The monoisotopic (exact) mass is 433 g/mol. The fraction of sp³-hybridized carbons (Fsp3) is 0.964. The van der Waals surface area contributed by atoms with Gasteiger partial charge in [0.05, 0.1) is 6.61 Å². The molecule has 2 N–H and O–H groups in total. The second-order valence-corrected chi connectivity index (χ2v) is 12.4. The molecule has 31 heavy (non-hydrogen) atoms. The summed E-state index contributed by atoms with van der Waals surface area (Å²) in [5, 5.41) is 12.3. The van der Waals surface area contributed by atoms with Crippen molar-refractivity contribution in [1.29, 1.82) is 0 Å². The number of aliphatic hydroxyl groups excluding tert-OH is 1. The van der Waals surface area contributed by atoms with E-state index < -0.39 is 0 Å². The van der Waals surface area contributed by atoms with Crippen LogP contribution in [-0.2, 0) is 4.79 Å². The molecule has 3 fully saturated rings. The Balaban J connectivity index is 1.65. The van der Waals surface area contributed by atoms with Crippen molar-refractivity contribution >= 4 is 5.78 Å². The van der Waals surface area contributed by atoms with Crippen molar-refractivity contribution in [2.75, 3.05) is 19.7 Å². The first kappa shape index (κ1) is 25.2. The van der Waals surface area contributed by atoms with Gasteiger partial charge in [-0.2, -0.15) is 0 Å². The largest absolute Gasteiger partial charge is 0.395 e. The number of hydrogen-bond donors (Lipinski definition) is 2. The fourth-order valence-corrected chi connectivity index (χ4v) is 8.41. The van der Waals surface area contributed by atoms with Crippen LogP contribution >= 0.6 is 0 Å². The van der Waals surface area contributed by atoms with Gasteiger partial charge in [-0.15, -0.1) is 0 Å². The first-order chi connectivity index (χ1) is 14.7. The first-order valence-corrected chi connectivity index (χ1v) is 13.6. The Morgan fingerprint density at radius 2 is 1.77 bits per heavy atom. The molecular formula is C28H51NO2. The number of carbonyl (C=O) groups is 1. The van der Waals surface area contributed by atoms with Gasteiger partial charge in [0.15, 0.2) is 0 Å². The maximum absolute atomic E-state index is 13.1. The van der Waals surface area contributed by atoms with Crippen molar-refractivity contribution in [2.45, 2.75) is 105 Å². The van der Waals surface area contributed by atoms with Crippen LogP contribution in [0.4, 0.5) is 0 Å². The fourth-order valence-electron chi connectivity index (χ4n) is 8.41. The van der Waals surface area contributed by atoms with Crippen LogP contribution in [0.5, 0.6) is 0 Å². The number of nitrogens with one attached hydrogen (secondary N) is 1. The highest BCUT2D eigenvalue weighted by Gasteiger charge is 2.59. The standard InChI is InChI=1S/C28H51NO2/c1-20(2)8-6-9-21(3)23-11-12-24-22-10-13-26(31)28(5,15-7-17-29-18-19-30)25(22)14-16-27(23,24)4/h20-25,29-30H,6-19H2,1-5H3/t21-,22-,23+,24+,25-,27-,28+/m1/s1. The molecule has 0 aliphatic heterocycles. The van der Waals surface area contributed by atoms with Gasteiger partial charge in [-0.25, -0.2) is 0 Å². The molecule has 0 aromatic carbocycles. The zero-order valence-corrected chi connectivity index (χ0v) is 21.2. The van der Waals surface area contributed by atoms with Crippen molar-refractivity contribution in [2.24, 2.45) is 46.3 Å². The number of fused-ring (bicyclic) bond motifs is 3. The topological polar surface area (TPSA) is 49.3 Å². The van der Waals surface area contributed by atoms with Gasteiger partial charge in [0, 0.05) is 18.4 Å². The molecule has 0 spiro atoms. The van der Waals surface area contributed by atoms with Crippen LogP contribution in [-0.4, -0.2) is 30.6 Å². The molecule has 0 heterocycles. The number of Topliss-reactive ketones (excluding diaryl/α,β-unsaturated/α-hetero) is 1. The number of rotatable bonds is 11. The summed E-state index contributed by atoms with van der Waals surface area (Å²) < 4.78 is 0. The number of aliphatic hydroxyl groups is 1. The average Bonchev–Trinajstić information content (AvgIpc) is 3.07. The summed E-state index contributed by atoms with van der Waals surface area (Å²) in [5.74, 6) is 5.29. The highest BCUT2D eigenvalue weighted by atomic mass is 16.3. The molecule has 0 radical (unpaired) electrons. The van der Waals surface area contributed by atoms with Gasteiger partial charge < -0.3 is 10.4 Å². The lowest BCUT2D eigenvalue weighted by Crippen LogP contribution is -2.52. The van der Waals surface area contributed by atoms with Crippen LogP contribution in [0.15, 0.2) is 0 Å². The van der Waals surface area contributed by atoms with Gasteiger partial charge in [-0.05, 0) is 92.4 Å². The van der Waals surface area contributed by atoms with E-state index in [0.29, 0.717) is 23.7 Å². The third kappa shape index (κ3) is 5.24. The predicted molar refractivity (Wildman–Crippen MR) is 130 cm³/mol. The smallest absolute Gasteiger partial charge is 0.139 e. The summed E-state index contributed by atoms with van der Waals surface area (Å²) in [4.78, 5) is 13.1.